The van der Waals surface area contributed by atoms with E-state index >= 15 is 0 Å². The molecule has 0 aromatic carbocycles. The molecule has 0 aliphatic heterocycles. The van der Waals surface area contributed by atoms with Gasteiger partial charge in [-0.15, -0.1) is 0 Å². The third kappa shape index (κ3) is 5.60. The van der Waals surface area contributed by atoms with Crippen molar-refractivity contribution in [2.24, 2.45) is 0 Å². The van der Waals surface area contributed by atoms with Crippen molar-refractivity contribution in [1.29, 1.82) is 0 Å². The minimum absolute atomic E-state index is 0.195. The molecule has 0 aromatic heterocycles. The first-order chi connectivity index (χ1) is 13.3. The molecular weight excluding hydrogens is 459 g/mol. The Morgan fingerprint density at radius 3 is 1.87 bits per heavy atom. The third-order valence-corrected chi connectivity index (χ3v) is 4.53. The lowest BCUT2D eigenvalue weighted by Crippen LogP contribution is -2.62. The normalized spacial score (nSPS) is 15.3. The maximum Gasteiger partial charge on any atom is 0.466 e. The number of hydrogen-bond donors (Lipinski definition) is 1. The number of nitrogens with zero attached hydrogens (tertiary/aromatic N) is 1. The van der Waals surface area contributed by atoms with Gasteiger partial charge in [0.2, 0.25) is 0 Å². The predicted octanol–water partition coefficient (Wildman–Crippen LogP) is 2.37. The molecule has 0 aliphatic carbocycles. The van der Waals surface area contributed by atoms with Crippen LogP contribution in [0.25, 0.3) is 0 Å². The zero-order valence-corrected chi connectivity index (χ0v) is 16.3. The van der Waals surface area contributed by atoms with E-state index in [-0.39, 0.29) is 19.2 Å². The SMILES string of the molecule is C=CC(=O)OC(OCCC(F)(F)C(F)(F)S(=O)(=O)O)(C(=O)N(CC)CC)C(F)(F)F. The molecule has 0 rings (SSSR count). The van der Waals surface area contributed by atoms with E-state index in [0.717, 1.165) is 0 Å². The van der Waals surface area contributed by atoms with Crippen molar-refractivity contribution in [2.75, 3.05) is 19.7 Å². The molecule has 0 fully saturated rings. The first-order valence-corrected chi connectivity index (χ1v) is 9.36. The minimum Gasteiger partial charge on any atom is -0.412 e. The number of ether oxygens (including phenoxy) is 2. The average Bonchev–Trinajstić information content (AvgIpc) is 2.59. The minimum atomic E-state index is -6.65. The number of halogens is 7. The van der Waals surface area contributed by atoms with Crippen LogP contribution in [0.15, 0.2) is 12.7 Å². The summed E-state index contributed by atoms with van der Waals surface area (Å²) in [5, 5.41) is -6.08. The Balaban J connectivity index is 6.10. The van der Waals surface area contributed by atoms with Gasteiger partial charge in [-0.1, -0.05) is 6.58 Å². The fraction of sp³-hybridized carbons (Fsp3) is 0.714. The molecule has 30 heavy (non-hydrogen) atoms. The van der Waals surface area contributed by atoms with Gasteiger partial charge in [-0.05, 0) is 13.8 Å². The molecule has 0 heterocycles. The Labute approximate surface area is 166 Å². The van der Waals surface area contributed by atoms with Crippen molar-refractivity contribution in [3.05, 3.63) is 12.7 Å². The predicted molar refractivity (Wildman–Crippen MR) is 85.0 cm³/mol. The maximum atomic E-state index is 13.6. The lowest BCUT2D eigenvalue weighted by Gasteiger charge is -2.36. The number of alkyl halides is 7. The number of hydrogen-bond acceptors (Lipinski definition) is 6. The second-order valence-electron chi connectivity index (χ2n) is 5.51. The van der Waals surface area contributed by atoms with Gasteiger partial charge in [0.15, 0.2) is 0 Å². The van der Waals surface area contributed by atoms with Crippen LogP contribution < -0.4 is 0 Å². The van der Waals surface area contributed by atoms with Gasteiger partial charge in [0.05, 0.1) is 6.61 Å². The second-order valence-corrected chi connectivity index (χ2v) is 6.97. The van der Waals surface area contributed by atoms with Crippen molar-refractivity contribution in [3.8, 4) is 0 Å². The molecule has 8 nitrogen and oxygen atoms in total. The highest BCUT2D eigenvalue weighted by Crippen LogP contribution is 2.42. The van der Waals surface area contributed by atoms with Crippen LogP contribution in [0.1, 0.15) is 20.3 Å². The van der Waals surface area contributed by atoms with Crippen molar-refractivity contribution >= 4 is 22.0 Å². The zero-order valence-electron chi connectivity index (χ0n) is 15.5. The average molecular weight is 477 g/mol. The molecule has 1 amide bonds. The van der Waals surface area contributed by atoms with E-state index in [0.29, 0.717) is 4.90 Å². The van der Waals surface area contributed by atoms with E-state index in [4.69, 9.17) is 4.55 Å². The summed E-state index contributed by atoms with van der Waals surface area (Å²) in [4.78, 5) is 24.1. The van der Waals surface area contributed by atoms with Gasteiger partial charge in [0.1, 0.15) is 0 Å². The number of likely N-dealkylation sites (N-methyl/N-ethyl adjacent to an activating group) is 1. The van der Waals surface area contributed by atoms with E-state index in [2.05, 4.69) is 16.1 Å². The summed E-state index contributed by atoms with van der Waals surface area (Å²) < 4.78 is 131. The lowest BCUT2D eigenvalue weighted by molar-refractivity contribution is -0.352. The first-order valence-electron chi connectivity index (χ1n) is 7.92. The van der Waals surface area contributed by atoms with Crippen LogP contribution in [0.3, 0.4) is 0 Å². The zero-order chi connectivity index (χ0) is 24.2. The van der Waals surface area contributed by atoms with Crippen molar-refractivity contribution in [1.82, 2.24) is 4.90 Å². The fourth-order valence-corrected chi connectivity index (χ4v) is 2.43. The van der Waals surface area contributed by atoms with Crippen molar-refractivity contribution in [3.63, 3.8) is 0 Å². The van der Waals surface area contributed by atoms with Crippen LogP contribution >= 0.6 is 0 Å². The molecule has 1 atom stereocenters. The van der Waals surface area contributed by atoms with Gasteiger partial charge in [-0.3, -0.25) is 9.35 Å². The van der Waals surface area contributed by atoms with Gasteiger partial charge in [0.25, 0.3) is 0 Å². The van der Waals surface area contributed by atoms with Gasteiger partial charge < -0.3 is 14.4 Å². The monoisotopic (exact) mass is 477 g/mol. The Kier molecular flexibility index (Phi) is 8.85. The third-order valence-electron chi connectivity index (χ3n) is 3.59. The highest BCUT2D eigenvalue weighted by Gasteiger charge is 2.69. The first kappa shape index (κ1) is 28.1. The Bertz CT molecular complexity index is 750. The topological polar surface area (TPSA) is 110 Å². The number of esters is 1. The van der Waals surface area contributed by atoms with Gasteiger partial charge in [-0.2, -0.15) is 39.2 Å². The van der Waals surface area contributed by atoms with Gasteiger partial charge in [-0.25, -0.2) is 4.79 Å². The summed E-state index contributed by atoms with van der Waals surface area (Å²) in [5.41, 5.74) is 0. The van der Waals surface area contributed by atoms with E-state index in [1.807, 2.05) is 0 Å². The van der Waals surface area contributed by atoms with E-state index in [1.165, 1.54) is 13.8 Å². The molecule has 0 bridgehead atoms. The number of amides is 1. The highest BCUT2D eigenvalue weighted by atomic mass is 32.2. The summed E-state index contributed by atoms with van der Waals surface area (Å²) in [7, 11) is -6.65. The molecule has 1 N–H and O–H groups in total. The molecule has 0 spiro atoms. The Morgan fingerprint density at radius 1 is 1.07 bits per heavy atom. The quantitative estimate of drug-likeness (QED) is 0.160. The summed E-state index contributed by atoms with van der Waals surface area (Å²) in [6.07, 6.45) is -8.08. The van der Waals surface area contributed by atoms with Crippen LogP contribution in [0.4, 0.5) is 30.7 Å². The van der Waals surface area contributed by atoms with E-state index < -0.39 is 58.2 Å². The van der Waals surface area contributed by atoms with Crippen LogP contribution in [0.2, 0.25) is 0 Å². The van der Waals surface area contributed by atoms with E-state index in [1.54, 1.807) is 0 Å². The Morgan fingerprint density at radius 2 is 1.53 bits per heavy atom. The second kappa shape index (κ2) is 9.47. The fourth-order valence-electron chi connectivity index (χ4n) is 1.96. The van der Waals surface area contributed by atoms with Gasteiger partial charge in [0, 0.05) is 25.6 Å². The molecular formula is C14H18F7NO7S. The molecule has 0 aromatic rings. The lowest BCUT2D eigenvalue weighted by atomic mass is 10.2. The van der Waals surface area contributed by atoms with Crippen LogP contribution in [0.5, 0.6) is 0 Å². The van der Waals surface area contributed by atoms with Crippen molar-refractivity contribution < 1.29 is 62.8 Å². The Hall–Kier alpha value is -1.94. The van der Waals surface area contributed by atoms with Crippen LogP contribution in [-0.4, -0.2) is 72.6 Å². The molecule has 0 saturated heterocycles. The molecule has 16 heteroatoms. The summed E-state index contributed by atoms with van der Waals surface area (Å²) in [6.45, 7) is 2.47. The number of carbonyl (C=O) groups is 2. The smallest absolute Gasteiger partial charge is 0.412 e. The molecule has 0 aliphatic rings. The number of rotatable bonds is 11. The number of carbonyl (C=O) groups excluding carboxylic acids is 2. The molecule has 1 unspecified atom stereocenters. The maximum absolute atomic E-state index is 13.6. The largest absolute Gasteiger partial charge is 0.466 e. The summed E-state index contributed by atoms with van der Waals surface area (Å²) in [6, 6.07) is 0. The standard InChI is InChI=1S/C14H18F7NO7S/c1-4-9(23)29-12(13(17,18)19,10(24)22(5-2)6-3)28-8-7-11(15,16)14(20,21)30(25,26)27/h4H,1,5-8H2,2-3H3,(H,25,26,27). The highest BCUT2D eigenvalue weighted by molar-refractivity contribution is 7.87. The van der Waals surface area contributed by atoms with Crippen LogP contribution in [-0.2, 0) is 29.2 Å². The van der Waals surface area contributed by atoms with Crippen molar-refractivity contribution in [2.45, 2.75) is 43.4 Å². The van der Waals surface area contributed by atoms with E-state index in [9.17, 15) is 48.7 Å². The summed E-state index contributed by atoms with van der Waals surface area (Å²) in [5.74, 6) is -14.0. The summed E-state index contributed by atoms with van der Waals surface area (Å²) >= 11 is 0. The van der Waals surface area contributed by atoms with Crippen LogP contribution in [0, 0.1) is 0 Å². The molecule has 176 valence electrons. The molecule has 0 saturated carbocycles. The van der Waals surface area contributed by atoms with Gasteiger partial charge >= 0.3 is 45.1 Å². The molecule has 0 radical (unpaired) electrons.